The molecule has 0 radical (unpaired) electrons. The van der Waals surface area contributed by atoms with Crippen molar-refractivity contribution in [2.75, 3.05) is 18.1 Å². The van der Waals surface area contributed by atoms with E-state index in [9.17, 15) is 8.42 Å². The van der Waals surface area contributed by atoms with E-state index in [1.165, 1.54) is 5.56 Å². The van der Waals surface area contributed by atoms with E-state index in [-0.39, 0.29) is 17.5 Å². The normalized spacial score (nSPS) is 15.1. The molecular weight excluding hydrogens is 258 g/mol. The van der Waals surface area contributed by atoms with E-state index in [1.807, 2.05) is 13.0 Å². The Morgan fingerprint density at radius 2 is 1.79 bits per heavy atom. The predicted molar refractivity (Wildman–Crippen MR) is 81.3 cm³/mol. The molecule has 0 aliphatic carbocycles. The number of benzene rings is 1. The highest BCUT2D eigenvalue weighted by Gasteiger charge is 2.13. The molecule has 0 aliphatic heterocycles. The van der Waals surface area contributed by atoms with Gasteiger partial charge < -0.3 is 5.32 Å². The van der Waals surface area contributed by atoms with E-state index in [2.05, 4.69) is 36.5 Å². The number of hydrogen-bond donors (Lipinski definition) is 1. The molecule has 0 aromatic heterocycles. The summed E-state index contributed by atoms with van der Waals surface area (Å²) in [4.78, 5) is 0. The van der Waals surface area contributed by atoms with Gasteiger partial charge in [0.15, 0.2) is 9.84 Å². The van der Waals surface area contributed by atoms with Crippen LogP contribution in [0.3, 0.4) is 0 Å². The Kier molecular flexibility index (Phi) is 6.52. The van der Waals surface area contributed by atoms with Crippen molar-refractivity contribution in [3.63, 3.8) is 0 Å². The Balaban J connectivity index is 2.31. The zero-order chi connectivity index (χ0) is 14.3. The van der Waals surface area contributed by atoms with Gasteiger partial charge in [-0.2, -0.15) is 0 Å². The second-order valence-corrected chi connectivity index (χ2v) is 7.55. The first-order valence-corrected chi connectivity index (χ1v) is 8.75. The Labute approximate surface area is 117 Å². The first-order valence-electron chi connectivity index (χ1n) is 6.93. The molecule has 1 aromatic rings. The molecule has 2 unspecified atom stereocenters. The lowest BCUT2D eigenvalue weighted by atomic mass is 9.98. The van der Waals surface area contributed by atoms with Crippen LogP contribution in [0.4, 0.5) is 0 Å². The standard InChI is InChI=1S/C15H25NO2S/c1-4-19(17,18)12-14(3)16-11-10-13(2)15-8-6-5-7-9-15/h5-9,13-14,16H,4,10-12H2,1-3H3. The van der Waals surface area contributed by atoms with Crippen LogP contribution >= 0.6 is 0 Å². The van der Waals surface area contributed by atoms with Crippen LogP contribution < -0.4 is 5.32 Å². The molecule has 2 atom stereocenters. The summed E-state index contributed by atoms with van der Waals surface area (Å²) in [6.45, 7) is 6.67. The van der Waals surface area contributed by atoms with E-state index in [1.54, 1.807) is 6.92 Å². The highest BCUT2D eigenvalue weighted by molar-refractivity contribution is 7.91. The lowest BCUT2D eigenvalue weighted by Gasteiger charge is -2.16. The molecule has 1 aromatic carbocycles. The first-order chi connectivity index (χ1) is 8.94. The number of hydrogen-bond acceptors (Lipinski definition) is 3. The van der Waals surface area contributed by atoms with Crippen molar-refractivity contribution < 1.29 is 8.42 Å². The van der Waals surface area contributed by atoms with Crippen molar-refractivity contribution in [1.29, 1.82) is 0 Å². The fraction of sp³-hybridized carbons (Fsp3) is 0.600. The third-order valence-electron chi connectivity index (χ3n) is 3.38. The number of sulfone groups is 1. The maximum Gasteiger partial charge on any atom is 0.151 e. The van der Waals surface area contributed by atoms with Gasteiger partial charge in [0.05, 0.1) is 5.75 Å². The summed E-state index contributed by atoms with van der Waals surface area (Å²) >= 11 is 0. The van der Waals surface area contributed by atoms with E-state index in [0.29, 0.717) is 5.92 Å². The van der Waals surface area contributed by atoms with Gasteiger partial charge in [0.2, 0.25) is 0 Å². The molecule has 19 heavy (non-hydrogen) atoms. The highest BCUT2D eigenvalue weighted by Crippen LogP contribution is 2.17. The molecule has 0 bridgehead atoms. The molecule has 0 fully saturated rings. The van der Waals surface area contributed by atoms with Gasteiger partial charge in [0.1, 0.15) is 0 Å². The van der Waals surface area contributed by atoms with Gasteiger partial charge in [-0.25, -0.2) is 8.42 Å². The van der Waals surface area contributed by atoms with Gasteiger partial charge in [0, 0.05) is 11.8 Å². The summed E-state index contributed by atoms with van der Waals surface area (Å²) < 4.78 is 23.0. The topological polar surface area (TPSA) is 46.2 Å². The van der Waals surface area contributed by atoms with Crippen LogP contribution in [-0.2, 0) is 9.84 Å². The molecular formula is C15H25NO2S. The lowest BCUT2D eigenvalue weighted by Crippen LogP contribution is -2.34. The van der Waals surface area contributed by atoms with E-state index < -0.39 is 9.84 Å². The minimum atomic E-state index is -2.88. The molecule has 0 aliphatic rings. The monoisotopic (exact) mass is 283 g/mol. The summed E-state index contributed by atoms with van der Waals surface area (Å²) in [5, 5.41) is 3.29. The molecule has 0 heterocycles. The third-order valence-corrected chi connectivity index (χ3v) is 5.27. The summed E-state index contributed by atoms with van der Waals surface area (Å²) in [5.74, 6) is 0.937. The minimum absolute atomic E-state index is 0.0212. The van der Waals surface area contributed by atoms with Crippen molar-refractivity contribution in [1.82, 2.24) is 5.32 Å². The quantitative estimate of drug-likeness (QED) is 0.797. The Morgan fingerprint density at radius 3 is 2.37 bits per heavy atom. The van der Waals surface area contributed by atoms with Crippen LogP contribution in [0.5, 0.6) is 0 Å². The maximum absolute atomic E-state index is 11.5. The van der Waals surface area contributed by atoms with Crippen molar-refractivity contribution in [3.05, 3.63) is 35.9 Å². The molecule has 0 amide bonds. The van der Waals surface area contributed by atoms with Crippen LogP contribution in [0, 0.1) is 0 Å². The number of rotatable bonds is 8. The molecule has 0 saturated carbocycles. The van der Waals surface area contributed by atoms with Crippen molar-refractivity contribution in [2.45, 2.75) is 39.2 Å². The van der Waals surface area contributed by atoms with Gasteiger partial charge in [-0.15, -0.1) is 0 Å². The van der Waals surface area contributed by atoms with Crippen LogP contribution in [0.2, 0.25) is 0 Å². The molecule has 4 heteroatoms. The molecule has 1 N–H and O–H groups in total. The van der Waals surface area contributed by atoms with Crippen LogP contribution in [0.25, 0.3) is 0 Å². The Bertz CT molecular complexity index is 456. The smallest absolute Gasteiger partial charge is 0.151 e. The fourth-order valence-corrected chi connectivity index (χ4v) is 3.17. The second kappa shape index (κ2) is 7.65. The highest BCUT2D eigenvalue weighted by atomic mass is 32.2. The zero-order valence-electron chi connectivity index (χ0n) is 12.1. The van der Waals surface area contributed by atoms with Gasteiger partial charge in [-0.05, 0) is 31.4 Å². The summed E-state index contributed by atoms with van der Waals surface area (Å²) in [6, 6.07) is 10.4. The Morgan fingerprint density at radius 1 is 1.16 bits per heavy atom. The van der Waals surface area contributed by atoms with E-state index >= 15 is 0 Å². The SMILES string of the molecule is CCS(=O)(=O)CC(C)NCCC(C)c1ccccc1. The fourth-order valence-electron chi connectivity index (χ4n) is 2.05. The molecule has 0 spiro atoms. The van der Waals surface area contributed by atoms with Crippen molar-refractivity contribution in [2.24, 2.45) is 0 Å². The zero-order valence-corrected chi connectivity index (χ0v) is 12.9. The summed E-state index contributed by atoms with van der Waals surface area (Å²) in [7, 11) is -2.88. The Hall–Kier alpha value is -0.870. The van der Waals surface area contributed by atoms with E-state index in [4.69, 9.17) is 0 Å². The molecule has 108 valence electrons. The van der Waals surface area contributed by atoms with Gasteiger partial charge in [0.25, 0.3) is 0 Å². The average Bonchev–Trinajstić information content (AvgIpc) is 2.39. The lowest BCUT2D eigenvalue weighted by molar-refractivity contribution is 0.530. The summed E-state index contributed by atoms with van der Waals surface area (Å²) in [6.07, 6.45) is 1.01. The molecule has 1 rings (SSSR count). The predicted octanol–water partition coefficient (Wildman–Crippen LogP) is 2.59. The van der Waals surface area contributed by atoms with Gasteiger partial charge in [-0.1, -0.05) is 44.2 Å². The van der Waals surface area contributed by atoms with E-state index in [0.717, 1.165) is 13.0 Å². The largest absolute Gasteiger partial charge is 0.313 e. The summed E-state index contributed by atoms with van der Waals surface area (Å²) in [5.41, 5.74) is 1.33. The van der Waals surface area contributed by atoms with Crippen LogP contribution in [-0.4, -0.2) is 32.5 Å². The van der Waals surface area contributed by atoms with Gasteiger partial charge in [-0.3, -0.25) is 0 Å². The van der Waals surface area contributed by atoms with Crippen molar-refractivity contribution >= 4 is 9.84 Å². The van der Waals surface area contributed by atoms with Crippen molar-refractivity contribution in [3.8, 4) is 0 Å². The number of nitrogens with one attached hydrogen (secondary N) is 1. The second-order valence-electron chi connectivity index (χ2n) is 5.15. The minimum Gasteiger partial charge on any atom is -0.313 e. The molecule has 3 nitrogen and oxygen atoms in total. The third kappa shape index (κ3) is 6.21. The maximum atomic E-state index is 11.5. The first kappa shape index (κ1) is 16.2. The molecule has 0 saturated heterocycles. The van der Waals surface area contributed by atoms with Crippen LogP contribution in [0.15, 0.2) is 30.3 Å². The van der Waals surface area contributed by atoms with Gasteiger partial charge >= 0.3 is 0 Å². The average molecular weight is 283 g/mol. The van der Waals surface area contributed by atoms with Crippen LogP contribution in [0.1, 0.15) is 38.7 Å².